The minimum atomic E-state index is -0.400. The van der Waals surface area contributed by atoms with Crippen molar-refractivity contribution in [3.63, 3.8) is 0 Å². The molecule has 0 aliphatic rings. The molecule has 98 valence electrons. The maximum absolute atomic E-state index is 8.83. The molecular weight excluding hydrogens is 246 g/mol. The van der Waals surface area contributed by atoms with Gasteiger partial charge in [-0.3, -0.25) is 0 Å². The van der Waals surface area contributed by atoms with E-state index in [-0.39, 0.29) is 0 Å². The Hall–Kier alpha value is -2.55. The van der Waals surface area contributed by atoms with Crippen LogP contribution in [0.3, 0.4) is 0 Å². The van der Waals surface area contributed by atoms with Gasteiger partial charge in [-0.25, -0.2) is 0 Å². The molecule has 1 heterocycles. The minimum Gasteiger partial charge on any atom is -0.493 e. The fraction of sp³-hybridized carbons (Fsp3) is 0.308. The molecule has 0 saturated carbocycles. The summed E-state index contributed by atoms with van der Waals surface area (Å²) in [7, 11) is 1.52. The molecule has 0 N–H and O–H groups in total. The van der Waals surface area contributed by atoms with Crippen molar-refractivity contribution in [1.29, 1.82) is 5.26 Å². The minimum absolute atomic E-state index is 0.393. The second-order valence-corrected chi connectivity index (χ2v) is 3.92. The standard InChI is InChI=1S/C13H13N3O3/c1-8(13-15-9(2)16-19-13)18-11-5-4-10(7-14)6-12(11)17-3/h4-6,8H,1-3H3. The first-order valence-corrected chi connectivity index (χ1v) is 5.69. The SMILES string of the molecule is COc1cc(C#N)ccc1OC(C)c1nc(C)no1. The third-order valence-corrected chi connectivity index (χ3v) is 2.49. The van der Waals surface area contributed by atoms with Crippen molar-refractivity contribution in [2.24, 2.45) is 0 Å². The average molecular weight is 259 g/mol. The third-order valence-electron chi connectivity index (χ3n) is 2.49. The van der Waals surface area contributed by atoms with Crippen LogP contribution in [0.4, 0.5) is 0 Å². The highest BCUT2D eigenvalue weighted by Crippen LogP contribution is 2.31. The van der Waals surface area contributed by atoms with Crippen LogP contribution in [0.25, 0.3) is 0 Å². The molecule has 0 radical (unpaired) electrons. The molecule has 1 unspecified atom stereocenters. The lowest BCUT2D eigenvalue weighted by molar-refractivity contribution is 0.169. The molecule has 0 amide bonds. The first-order valence-electron chi connectivity index (χ1n) is 5.69. The van der Waals surface area contributed by atoms with Crippen LogP contribution in [0.2, 0.25) is 0 Å². The summed E-state index contributed by atoms with van der Waals surface area (Å²) in [4.78, 5) is 4.10. The van der Waals surface area contributed by atoms with Crippen molar-refractivity contribution in [3.05, 3.63) is 35.5 Å². The van der Waals surface area contributed by atoms with Crippen LogP contribution in [-0.2, 0) is 0 Å². The maximum Gasteiger partial charge on any atom is 0.267 e. The van der Waals surface area contributed by atoms with Gasteiger partial charge in [-0.05, 0) is 26.0 Å². The van der Waals surface area contributed by atoms with E-state index in [1.165, 1.54) is 7.11 Å². The van der Waals surface area contributed by atoms with E-state index >= 15 is 0 Å². The molecule has 19 heavy (non-hydrogen) atoms. The van der Waals surface area contributed by atoms with Crippen LogP contribution in [0.5, 0.6) is 11.5 Å². The summed E-state index contributed by atoms with van der Waals surface area (Å²) in [6.07, 6.45) is -0.400. The van der Waals surface area contributed by atoms with Gasteiger partial charge < -0.3 is 14.0 Å². The van der Waals surface area contributed by atoms with E-state index in [1.54, 1.807) is 32.0 Å². The summed E-state index contributed by atoms with van der Waals surface area (Å²) in [5, 5.41) is 12.5. The van der Waals surface area contributed by atoms with Crippen molar-refractivity contribution < 1.29 is 14.0 Å². The summed E-state index contributed by atoms with van der Waals surface area (Å²) < 4.78 is 15.9. The Bertz CT molecular complexity index is 616. The van der Waals surface area contributed by atoms with Crippen molar-refractivity contribution in [2.45, 2.75) is 20.0 Å². The first kappa shape index (κ1) is 12.9. The molecule has 6 heteroatoms. The quantitative estimate of drug-likeness (QED) is 0.838. The Kier molecular flexibility index (Phi) is 3.66. The largest absolute Gasteiger partial charge is 0.493 e. The van der Waals surface area contributed by atoms with Gasteiger partial charge in [-0.2, -0.15) is 10.2 Å². The van der Waals surface area contributed by atoms with Gasteiger partial charge in [0.25, 0.3) is 5.89 Å². The van der Waals surface area contributed by atoms with Crippen LogP contribution < -0.4 is 9.47 Å². The zero-order valence-electron chi connectivity index (χ0n) is 10.9. The average Bonchev–Trinajstić information content (AvgIpc) is 2.86. The van der Waals surface area contributed by atoms with E-state index in [4.69, 9.17) is 19.3 Å². The zero-order chi connectivity index (χ0) is 13.8. The predicted molar refractivity (Wildman–Crippen MR) is 65.8 cm³/mol. The van der Waals surface area contributed by atoms with Crippen molar-refractivity contribution >= 4 is 0 Å². The summed E-state index contributed by atoms with van der Waals surface area (Å²) in [6, 6.07) is 6.99. The number of methoxy groups -OCH3 is 1. The molecule has 1 atom stereocenters. The highest BCUT2D eigenvalue weighted by atomic mass is 16.5. The number of benzene rings is 1. The number of aryl methyl sites for hydroxylation is 1. The molecule has 0 fully saturated rings. The molecule has 2 aromatic rings. The van der Waals surface area contributed by atoms with E-state index in [1.807, 2.05) is 6.07 Å². The van der Waals surface area contributed by atoms with E-state index in [2.05, 4.69) is 10.1 Å². The van der Waals surface area contributed by atoms with Gasteiger partial charge in [0, 0.05) is 6.07 Å². The van der Waals surface area contributed by atoms with Crippen molar-refractivity contribution in [2.75, 3.05) is 7.11 Å². The number of aromatic nitrogens is 2. The second kappa shape index (κ2) is 5.40. The van der Waals surface area contributed by atoms with Crippen LogP contribution in [0, 0.1) is 18.3 Å². The Labute approximate surface area is 110 Å². The van der Waals surface area contributed by atoms with E-state index < -0.39 is 6.10 Å². The van der Waals surface area contributed by atoms with E-state index in [9.17, 15) is 0 Å². The molecule has 2 rings (SSSR count). The number of hydrogen-bond acceptors (Lipinski definition) is 6. The molecule has 0 spiro atoms. The third kappa shape index (κ3) is 2.83. The number of nitriles is 1. The fourth-order valence-electron chi connectivity index (χ4n) is 1.55. The van der Waals surface area contributed by atoms with Crippen LogP contribution in [-0.4, -0.2) is 17.3 Å². The maximum atomic E-state index is 8.83. The summed E-state index contributed by atoms with van der Waals surface area (Å²) in [5.41, 5.74) is 0.505. The van der Waals surface area contributed by atoms with Crippen molar-refractivity contribution in [1.82, 2.24) is 10.1 Å². The van der Waals surface area contributed by atoms with Crippen LogP contribution in [0.15, 0.2) is 22.7 Å². The van der Waals surface area contributed by atoms with Gasteiger partial charge in [0.15, 0.2) is 23.4 Å². The first-order chi connectivity index (χ1) is 9.13. The monoisotopic (exact) mass is 259 g/mol. The number of ether oxygens (including phenoxy) is 2. The number of nitrogens with zero attached hydrogens (tertiary/aromatic N) is 3. The summed E-state index contributed by atoms with van der Waals surface area (Å²) in [5.74, 6) is 1.95. The van der Waals surface area contributed by atoms with Gasteiger partial charge in [0.05, 0.1) is 18.7 Å². The van der Waals surface area contributed by atoms with Gasteiger partial charge in [-0.1, -0.05) is 5.16 Å². The predicted octanol–water partition coefficient (Wildman–Crippen LogP) is 2.40. The molecule has 0 aliphatic carbocycles. The smallest absolute Gasteiger partial charge is 0.267 e. The van der Waals surface area contributed by atoms with Crippen molar-refractivity contribution in [3.8, 4) is 17.6 Å². The molecule has 0 saturated heterocycles. The highest BCUT2D eigenvalue weighted by Gasteiger charge is 2.17. The Morgan fingerprint density at radius 1 is 1.37 bits per heavy atom. The molecule has 0 aliphatic heterocycles. The molecule has 0 bridgehead atoms. The Morgan fingerprint density at radius 3 is 2.74 bits per heavy atom. The Balaban J connectivity index is 2.21. The van der Waals surface area contributed by atoms with Gasteiger partial charge in [0.2, 0.25) is 0 Å². The normalized spacial score (nSPS) is 11.7. The lowest BCUT2D eigenvalue weighted by atomic mass is 10.2. The lowest BCUT2D eigenvalue weighted by Gasteiger charge is -2.13. The highest BCUT2D eigenvalue weighted by molar-refractivity contribution is 5.46. The topological polar surface area (TPSA) is 81.2 Å². The number of rotatable bonds is 4. The lowest BCUT2D eigenvalue weighted by Crippen LogP contribution is -2.04. The molecule has 6 nitrogen and oxygen atoms in total. The zero-order valence-corrected chi connectivity index (χ0v) is 10.9. The van der Waals surface area contributed by atoms with E-state index in [0.29, 0.717) is 28.8 Å². The van der Waals surface area contributed by atoms with Crippen LogP contribution in [0.1, 0.15) is 30.3 Å². The molecule has 1 aromatic heterocycles. The molecule has 1 aromatic carbocycles. The van der Waals surface area contributed by atoms with Gasteiger partial charge in [0.1, 0.15) is 0 Å². The fourth-order valence-corrected chi connectivity index (χ4v) is 1.55. The Morgan fingerprint density at radius 2 is 2.16 bits per heavy atom. The summed E-state index contributed by atoms with van der Waals surface area (Å²) >= 11 is 0. The summed E-state index contributed by atoms with van der Waals surface area (Å²) in [6.45, 7) is 3.53. The van der Waals surface area contributed by atoms with Crippen LogP contribution >= 0.6 is 0 Å². The van der Waals surface area contributed by atoms with Gasteiger partial charge >= 0.3 is 0 Å². The molecular formula is C13H13N3O3. The second-order valence-electron chi connectivity index (χ2n) is 3.92. The number of hydrogen-bond donors (Lipinski definition) is 0. The van der Waals surface area contributed by atoms with Gasteiger partial charge in [-0.15, -0.1) is 0 Å². The van der Waals surface area contributed by atoms with E-state index in [0.717, 1.165) is 0 Å².